The van der Waals surface area contributed by atoms with Crippen molar-refractivity contribution in [3.05, 3.63) is 64.0 Å². The fourth-order valence-electron chi connectivity index (χ4n) is 3.03. The molecule has 1 amide bonds. The first-order valence-electron chi connectivity index (χ1n) is 8.93. The van der Waals surface area contributed by atoms with Crippen molar-refractivity contribution < 1.29 is 19.1 Å². The first-order chi connectivity index (χ1) is 13.5. The lowest BCUT2D eigenvalue weighted by Gasteiger charge is -2.26. The molecule has 0 spiro atoms. The van der Waals surface area contributed by atoms with Crippen molar-refractivity contribution in [1.29, 1.82) is 0 Å². The molecule has 0 saturated heterocycles. The summed E-state index contributed by atoms with van der Waals surface area (Å²) in [5.41, 5.74) is 2.27. The second-order valence-electron chi connectivity index (χ2n) is 6.34. The number of nitrogens with one attached hydrogen (secondary N) is 1. The fourth-order valence-corrected chi connectivity index (χ4v) is 3.29. The van der Waals surface area contributed by atoms with Crippen LogP contribution in [0.1, 0.15) is 35.7 Å². The number of benzene rings is 2. The van der Waals surface area contributed by atoms with Gasteiger partial charge in [-0.2, -0.15) is 0 Å². The summed E-state index contributed by atoms with van der Waals surface area (Å²) in [5, 5.41) is 3.05. The number of halogens is 1. The first kappa shape index (κ1) is 19.7. The van der Waals surface area contributed by atoms with Gasteiger partial charge >= 0.3 is 5.97 Å². The fraction of sp³-hybridized carbons (Fsp3) is 0.286. The summed E-state index contributed by atoms with van der Waals surface area (Å²) in [4.78, 5) is 27.4. The van der Waals surface area contributed by atoms with Crippen molar-refractivity contribution >= 4 is 34.9 Å². The summed E-state index contributed by atoms with van der Waals surface area (Å²) >= 11 is 6.10. The van der Waals surface area contributed by atoms with E-state index in [1.165, 1.54) is 12.1 Å². The van der Waals surface area contributed by atoms with Crippen LogP contribution in [0.2, 0.25) is 5.02 Å². The minimum absolute atomic E-state index is 0.202. The van der Waals surface area contributed by atoms with Crippen LogP contribution in [0.3, 0.4) is 0 Å². The predicted molar refractivity (Wildman–Crippen MR) is 106 cm³/mol. The van der Waals surface area contributed by atoms with E-state index in [0.29, 0.717) is 35.7 Å². The topological polar surface area (TPSA) is 69.0 Å². The molecule has 3 rings (SSSR count). The van der Waals surface area contributed by atoms with Crippen LogP contribution >= 0.6 is 11.6 Å². The third-order valence-electron chi connectivity index (χ3n) is 4.37. The van der Waals surface area contributed by atoms with E-state index in [-0.39, 0.29) is 29.4 Å². The number of hydrogen-bond acceptors (Lipinski definition) is 4. The zero-order chi connectivity index (χ0) is 20.1. The van der Waals surface area contributed by atoms with E-state index in [2.05, 4.69) is 10.2 Å². The Labute approximate surface area is 168 Å². The lowest BCUT2D eigenvalue weighted by molar-refractivity contribution is -0.145. The van der Waals surface area contributed by atoms with E-state index in [4.69, 9.17) is 27.6 Å². The Morgan fingerprint density at radius 3 is 2.86 bits per heavy atom. The quantitative estimate of drug-likeness (QED) is 0.580. The smallest absolute Gasteiger partial charge is 0.309 e. The molecular weight excluding hydrogens is 380 g/mol. The zero-order valence-corrected chi connectivity index (χ0v) is 16.1. The highest BCUT2D eigenvalue weighted by atomic mass is 35.5. The minimum atomic E-state index is -0.349. The van der Waals surface area contributed by atoms with Crippen molar-refractivity contribution in [1.82, 2.24) is 0 Å². The van der Waals surface area contributed by atoms with Crippen LogP contribution in [0.25, 0.3) is 4.85 Å². The van der Waals surface area contributed by atoms with Crippen molar-refractivity contribution in [3.63, 3.8) is 0 Å². The number of hydrogen-bond donors (Lipinski definition) is 1. The average molecular weight is 399 g/mol. The highest BCUT2D eigenvalue weighted by Gasteiger charge is 2.23. The molecule has 0 aromatic heterocycles. The van der Waals surface area contributed by atoms with E-state index in [1.807, 2.05) is 6.07 Å². The van der Waals surface area contributed by atoms with Crippen LogP contribution in [0, 0.1) is 6.57 Å². The van der Waals surface area contributed by atoms with Crippen molar-refractivity contribution in [3.8, 4) is 5.75 Å². The second-order valence-corrected chi connectivity index (χ2v) is 6.75. The van der Waals surface area contributed by atoms with E-state index < -0.39 is 0 Å². The number of aryl methyl sites for hydroxylation is 1. The highest BCUT2D eigenvalue weighted by molar-refractivity contribution is 6.34. The van der Waals surface area contributed by atoms with Gasteiger partial charge in [-0.15, -0.1) is 0 Å². The van der Waals surface area contributed by atoms with Gasteiger partial charge in [0.25, 0.3) is 5.91 Å². The highest BCUT2D eigenvalue weighted by Crippen LogP contribution is 2.31. The molecule has 2 aromatic carbocycles. The maximum atomic E-state index is 12.5. The van der Waals surface area contributed by atoms with Gasteiger partial charge in [0.2, 0.25) is 0 Å². The largest absolute Gasteiger partial charge is 0.490 e. The summed E-state index contributed by atoms with van der Waals surface area (Å²) < 4.78 is 10.8. The molecule has 1 N–H and O–H groups in total. The van der Waals surface area contributed by atoms with Crippen LogP contribution in [-0.4, -0.2) is 24.6 Å². The van der Waals surface area contributed by atoms with E-state index >= 15 is 0 Å². The van der Waals surface area contributed by atoms with Gasteiger partial charge in [-0.05, 0) is 49.6 Å². The lowest BCUT2D eigenvalue weighted by atomic mass is 10.00. The van der Waals surface area contributed by atoms with E-state index in [9.17, 15) is 9.59 Å². The SMILES string of the molecule is [C-]#[N+]c1ccc(C(=O)Nc2ccc3c(c2)CCC(CC(=O)OCC)O3)c(Cl)c1. The molecule has 1 atom stereocenters. The lowest BCUT2D eigenvalue weighted by Crippen LogP contribution is -2.26. The Bertz CT molecular complexity index is 952. The molecule has 2 aromatic rings. The van der Waals surface area contributed by atoms with Gasteiger partial charge in [0, 0.05) is 10.7 Å². The van der Waals surface area contributed by atoms with Crippen molar-refractivity contribution in [2.24, 2.45) is 0 Å². The van der Waals surface area contributed by atoms with Gasteiger partial charge in [0.1, 0.15) is 11.9 Å². The normalized spacial score (nSPS) is 15.0. The number of carbonyl (C=O) groups is 2. The average Bonchev–Trinajstić information content (AvgIpc) is 2.68. The summed E-state index contributed by atoms with van der Waals surface area (Å²) in [6.07, 6.45) is 1.47. The first-order valence-corrected chi connectivity index (χ1v) is 9.31. The van der Waals surface area contributed by atoms with Gasteiger partial charge < -0.3 is 14.8 Å². The third kappa shape index (κ3) is 4.62. The number of fused-ring (bicyclic) bond motifs is 1. The molecule has 1 aliphatic rings. The molecule has 0 saturated carbocycles. The number of esters is 1. The van der Waals surface area contributed by atoms with Gasteiger partial charge in [-0.1, -0.05) is 23.7 Å². The monoisotopic (exact) mass is 398 g/mol. The Morgan fingerprint density at radius 1 is 1.32 bits per heavy atom. The van der Waals surface area contributed by atoms with Crippen molar-refractivity contribution in [2.75, 3.05) is 11.9 Å². The summed E-state index contributed by atoms with van der Waals surface area (Å²) in [5.74, 6) is 0.0948. The Kier molecular flexibility index (Phi) is 6.17. The zero-order valence-electron chi connectivity index (χ0n) is 15.3. The molecule has 1 heterocycles. The third-order valence-corrected chi connectivity index (χ3v) is 4.69. The van der Waals surface area contributed by atoms with Gasteiger partial charge in [-0.3, -0.25) is 9.59 Å². The predicted octanol–water partition coefficient (Wildman–Crippen LogP) is 4.79. The van der Waals surface area contributed by atoms with Crippen LogP contribution in [0.4, 0.5) is 11.4 Å². The number of rotatable bonds is 5. The number of carbonyl (C=O) groups excluding carboxylic acids is 2. The molecule has 28 heavy (non-hydrogen) atoms. The molecule has 1 unspecified atom stereocenters. The number of nitrogens with zero attached hydrogens (tertiary/aromatic N) is 1. The van der Waals surface area contributed by atoms with Gasteiger partial charge in [-0.25, -0.2) is 4.85 Å². The molecule has 0 fully saturated rings. The number of ether oxygens (including phenoxy) is 2. The molecule has 0 radical (unpaired) electrons. The van der Waals surface area contributed by atoms with Crippen molar-refractivity contribution in [2.45, 2.75) is 32.3 Å². The molecule has 1 aliphatic heterocycles. The van der Waals surface area contributed by atoms with Crippen LogP contribution in [0.5, 0.6) is 5.75 Å². The summed E-state index contributed by atoms with van der Waals surface area (Å²) in [7, 11) is 0. The Balaban J connectivity index is 1.67. The summed E-state index contributed by atoms with van der Waals surface area (Å²) in [6, 6.07) is 9.94. The molecular formula is C21H19ClN2O4. The van der Waals surface area contributed by atoms with Crippen LogP contribution < -0.4 is 10.1 Å². The maximum Gasteiger partial charge on any atom is 0.309 e. The molecule has 7 heteroatoms. The number of amides is 1. The van der Waals surface area contributed by atoms with E-state index in [0.717, 1.165) is 12.0 Å². The van der Waals surface area contributed by atoms with E-state index in [1.54, 1.807) is 25.1 Å². The molecule has 0 bridgehead atoms. The summed E-state index contributed by atoms with van der Waals surface area (Å²) in [6.45, 7) is 9.12. The number of anilines is 1. The minimum Gasteiger partial charge on any atom is -0.490 e. The Morgan fingerprint density at radius 2 is 2.14 bits per heavy atom. The maximum absolute atomic E-state index is 12.5. The molecule has 6 nitrogen and oxygen atoms in total. The standard InChI is InChI=1S/C21H19ClN2O4/c1-3-27-20(25)12-16-7-4-13-10-15(6-9-19(13)28-16)24-21(26)17-8-5-14(23-2)11-18(17)22/h5-6,8-11,16H,3-4,7,12H2,1H3,(H,24,26). The molecule has 0 aliphatic carbocycles. The van der Waals surface area contributed by atoms with Gasteiger partial charge in [0.05, 0.1) is 25.2 Å². The molecule has 144 valence electrons. The van der Waals surface area contributed by atoms with Gasteiger partial charge in [0.15, 0.2) is 5.69 Å². The van der Waals surface area contributed by atoms with Crippen LogP contribution in [-0.2, 0) is 16.0 Å². The van der Waals surface area contributed by atoms with Crippen LogP contribution in [0.15, 0.2) is 36.4 Å². The second kappa shape index (κ2) is 8.77. The Hall–Kier alpha value is -3.04.